The summed E-state index contributed by atoms with van der Waals surface area (Å²) in [5.74, 6) is 0.710. The Labute approximate surface area is 130 Å². The molecule has 0 unspecified atom stereocenters. The summed E-state index contributed by atoms with van der Waals surface area (Å²) in [7, 11) is 1.77. The second-order valence-electron chi connectivity index (χ2n) is 4.79. The fraction of sp³-hybridized carbons (Fsp3) is 0.385. The Hall–Kier alpha value is -1.96. The van der Waals surface area contributed by atoms with E-state index in [4.69, 9.17) is 0 Å². The van der Waals surface area contributed by atoms with Crippen LogP contribution in [0.1, 0.15) is 10.5 Å². The van der Waals surface area contributed by atoms with Crippen molar-refractivity contribution in [1.29, 1.82) is 0 Å². The van der Waals surface area contributed by atoms with E-state index >= 15 is 0 Å². The lowest BCUT2D eigenvalue weighted by Gasteiger charge is -2.34. The van der Waals surface area contributed by atoms with Crippen LogP contribution in [0.4, 0.5) is 5.95 Å². The van der Waals surface area contributed by atoms with E-state index in [1.165, 1.54) is 0 Å². The van der Waals surface area contributed by atoms with E-state index in [0.29, 0.717) is 24.7 Å². The van der Waals surface area contributed by atoms with Gasteiger partial charge in [-0.2, -0.15) is 5.10 Å². The molecule has 8 heteroatoms. The number of aromatic nitrogens is 4. The van der Waals surface area contributed by atoms with Crippen molar-refractivity contribution in [2.75, 3.05) is 31.1 Å². The Kier molecular flexibility index (Phi) is 3.87. The molecule has 1 saturated heterocycles. The molecule has 1 aliphatic heterocycles. The fourth-order valence-electron chi connectivity index (χ4n) is 2.37. The Morgan fingerprint density at radius 1 is 1.19 bits per heavy atom. The highest BCUT2D eigenvalue weighted by Crippen LogP contribution is 2.18. The fourth-order valence-corrected chi connectivity index (χ4v) is 2.88. The topological polar surface area (TPSA) is 67.2 Å². The van der Waals surface area contributed by atoms with Gasteiger partial charge < -0.3 is 9.80 Å². The maximum atomic E-state index is 12.5. The first-order valence-electron chi connectivity index (χ1n) is 6.65. The molecular weight excluding hydrogens is 336 g/mol. The van der Waals surface area contributed by atoms with Crippen molar-refractivity contribution >= 4 is 27.8 Å². The molecule has 0 bridgehead atoms. The first-order valence-corrected chi connectivity index (χ1v) is 7.45. The summed E-state index contributed by atoms with van der Waals surface area (Å²) in [6, 6.07) is 1.79. The Morgan fingerprint density at radius 3 is 2.43 bits per heavy atom. The molecule has 3 heterocycles. The summed E-state index contributed by atoms with van der Waals surface area (Å²) in [5, 5.41) is 4.09. The molecule has 3 rings (SSSR count). The smallest absolute Gasteiger partial charge is 0.273 e. The van der Waals surface area contributed by atoms with Crippen molar-refractivity contribution in [3.63, 3.8) is 0 Å². The van der Waals surface area contributed by atoms with Gasteiger partial charge in [0.15, 0.2) is 0 Å². The van der Waals surface area contributed by atoms with Crippen LogP contribution >= 0.6 is 15.9 Å². The number of amides is 1. The minimum absolute atomic E-state index is 0.00416. The Bertz CT molecular complexity index is 616. The van der Waals surface area contributed by atoms with E-state index in [1.54, 1.807) is 36.4 Å². The molecule has 110 valence electrons. The molecule has 0 aromatic carbocycles. The van der Waals surface area contributed by atoms with E-state index < -0.39 is 0 Å². The average molecular weight is 351 g/mol. The third-order valence-corrected chi connectivity index (χ3v) is 4.08. The van der Waals surface area contributed by atoms with E-state index in [0.717, 1.165) is 17.6 Å². The van der Waals surface area contributed by atoms with Crippen molar-refractivity contribution in [3.05, 3.63) is 34.8 Å². The monoisotopic (exact) mass is 350 g/mol. The predicted octanol–water partition coefficient (Wildman–Crippen LogP) is 0.935. The van der Waals surface area contributed by atoms with Crippen LogP contribution in [-0.2, 0) is 7.05 Å². The van der Waals surface area contributed by atoms with Gasteiger partial charge in [-0.1, -0.05) is 0 Å². The molecule has 1 fully saturated rings. The first kappa shape index (κ1) is 14.0. The molecular formula is C13H15BrN6O. The second-order valence-corrected chi connectivity index (χ2v) is 5.65. The summed E-state index contributed by atoms with van der Waals surface area (Å²) < 4.78 is 2.32. The molecule has 7 nitrogen and oxygen atoms in total. The van der Waals surface area contributed by atoms with Crippen molar-refractivity contribution in [2.45, 2.75) is 0 Å². The van der Waals surface area contributed by atoms with E-state index in [9.17, 15) is 4.79 Å². The van der Waals surface area contributed by atoms with Crippen LogP contribution in [0, 0.1) is 0 Å². The number of anilines is 1. The quantitative estimate of drug-likeness (QED) is 0.806. The first-order chi connectivity index (χ1) is 10.2. The summed E-state index contributed by atoms with van der Waals surface area (Å²) >= 11 is 3.37. The lowest BCUT2D eigenvalue weighted by atomic mass is 10.3. The number of hydrogen-bond acceptors (Lipinski definition) is 5. The van der Waals surface area contributed by atoms with Crippen LogP contribution in [0.3, 0.4) is 0 Å². The molecule has 1 aliphatic rings. The highest BCUT2D eigenvalue weighted by atomic mass is 79.9. The van der Waals surface area contributed by atoms with Crippen LogP contribution in [0.25, 0.3) is 0 Å². The average Bonchev–Trinajstić information content (AvgIpc) is 2.87. The number of rotatable bonds is 2. The zero-order valence-electron chi connectivity index (χ0n) is 11.6. The Balaban J connectivity index is 1.68. The highest BCUT2D eigenvalue weighted by molar-refractivity contribution is 9.10. The van der Waals surface area contributed by atoms with E-state index in [2.05, 4.69) is 35.9 Å². The van der Waals surface area contributed by atoms with E-state index in [-0.39, 0.29) is 5.91 Å². The number of hydrogen-bond donors (Lipinski definition) is 0. The second kappa shape index (κ2) is 5.80. The van der Waals surface area contributed by atoms with Gasteiger partial charge in [0, 0.05) is 45.6 Å². The molecule has 0 saturated carbocycles. The molecule has 2 aromatic heterocycles. The van der Waals surface area contributed by atoms with E-state index in [1.807, 2.05) is 4.90 Å². The normalized spacial score (nSPS) is 15.3. The van der Waals surface area contributed by atoms with Gasteiger partial charge in [0.1, 0.15) is 5.69 Å². The predicted molar refractivity (Wildman–Crippen MR) is 81.1 cm³/mol. The summed E-state index contributed by atoms with van der Waals surface area (Å²) in [4.78, 5) is 24.9. The number of piperazine rings is 1. The van der Waals surface area contributed by atoms with Gasteiger partial charge in [-0.05, 0) is 22.0 Å². The lowest BCUT2D eigenvalue weighted by molar-refractivity contribution is 0.0734. The molecule has 0 radical (unpaired) electrons. The zero-order valence-corrected chi connectivity index (χ0v) is 13.2. The molecule has 0 aliphatic carbocycles. The summed E-state index contributed by atoms with van der Waals surface area (Å²) in [6.07, 6.45) is 5.10. The van der Waals surface area contributed by atoms with Gasteiger partial charge in [-0.3, -0.25) is 9.48 Å². The third-order valence-electron chi connectivity index (χ3n) is 3.50. The van der Waals surface area contributed by atoms with Crippen LogP contribution in [0.5, 0.6) is 0 Å². The maximum Gasteiger partial charge on any atom is 0.273 e. The highest BCUT2D eigenvalue weighted by Gasteiger charge is 2.26. The molecule has 0 spiro atoms. The number of carbonyl (C=O) groups excluding carboxylic acids is 1. The molecule has 2 aromatic rings. The van der Waals surface area contributed by atoms with Crippen molar-refractivity contribution in [3.8, 4) is 0 Å². The van der Waals surface area contributed by atoms with Gasteiger partial charge in [-0.15, -0.1) is 0 Å². The van der Waals surface area contributed by atoms with Crippen LogP contribution in [0.2, 0.25) is 0 Å². The molecule has 1 amide bonds. The standard InChI is InChI=1S/C13H15BrN6O/c1-18-11(10(14)9-17-18)12(21)19-5-7-20(8-6-19)13-15-3-2-4-16-13/h2-4,9H,5-8H2,1H3. The number of aryl methyl sites for hydroxylation is 1. The molecule has 21 heavy (non-hydrogen) atoms. The SMILES string of the molecule is Cn1ncc(Br)c1C(=O)N1CCN(c2ncccn2)CC1. The van der Waals surface area contributed by atoms with Gasteiger partial charge in [0.05, 0.1) is 10.7 Å². The van der Waals surface area contributed by atoms with Crippen molar-refractivity contribution in [1.82, 2.24) is 24.6 Å². The van der Waals surface area contributed by atoms with Gasteiger partial charge >= 0.3 is 0 Å². The minimum Gasteiger partial charge on any atom is -0.337 e. The van der Waals surface area contributed by atoms with Crippen molar-refractivity contribution < 1.29 is 4.79 Å². The molecule has 0 N–H and O–H groups in total. The third kappa shape index (κ3) is 2.76. The maximum absolute atomic E-state index is 12.5. The summed E-state index contributed by atoms with van der Waals surface area (Å²) in [5.41, 5.74) is 0.583. The minimum atomic E-state index is -0.00416. The zero-order chi connectivity index (χ0) is 14.8. The van der Waals surface area contributed by atoms with Gasteiger partial charge in [-0.25, -0.2) is 9.97 Å². The van der Waals surface area contributed by atoms with Crippen LogP contribution in [-0.4, -0.2) is 56.7 Å². The number of carbonyl (C=O) groups is 1. The number of nitrogens with zero attached hydrogens (tertiary/aromatic N) is 6. The van der Waals surface area contributed by atoms with Crippen LogP contribution < -0.4 is 4.90 Å². The Morgan fingerprint density at radius 2 is 1.86 bits per heavy atom. The lowest BCUT2D eigenvalue weighted by Crippen LogP contribution is -2.49. The van der Waals surface area contributed by atoms with Gasteiger partial charge in [0.25, 0.3) is 5.91 Å². The largest absolute Gasteiger partial charge is 0.337 e. The van der Waals surface area contributed by atoms with Crippen molar-refractivity contribution in [2.24, 2.45) is 7.05 Å². The number of halogens is 1. The summed E-state index contributed by atoms with van der Waals surface area (Å²) in [6.45, 7) is 2.75. The van der Waals surface area contributed by atoms with Gasteiger partial charge in [0.2, 0.25) is 5.95 Å². The molecule has 0 atom stereocenters. The van der Waals surface area contributed by atoms with Crippen LogP contribution in [0.15, 0.2) is 29.1 Å².